The van der Waals surface area contributed by atoms with Gasteiger partial charge in [0.2, 0.25) is 0 Å². The lowest BCUT2D eigenvalue weighted by Crippen LogP contribution is -2.06. The van der Waals surface area contributed by atoms with E-state index in [0.29, 0.717) is 17.4 Å². The first kappa shape index (κ1) is 12.9. The molecule has 1 aromatic heterocycles. The zero-order valence-electron chi connectivity index (χ0n) is 10.5. The molecule has 0 radical (unpaired) electrons. The second kappa shape index (κ2) is 5.48. The zero-order valence-corrected chi connectivity index (χ0v) is 12.6. The third-order valence-corrected chi connectivity index (χ3v) is 4.27. The van der Waals surface area contributed by atoms with Crippen molar-refractivity contribution in [2.75, 3.05) is 0 Å². The molecule has 0 spiro atoms. The van der Waals surface area contributed by atoms with Crippen molar-refractivity contribution in [2.45, 2.75) is 38.0 Å². The minimum atomic E-state index is 0.180. The molecule has 5 heteroatoms. The van der Waals surface area contributed by atoms with Crippen molar-refractivity contribution in [3.8, 4) is 17.2 Å². The molecule has 1 fully saturated rings. The van der Waals surface area contributed by atoms with E-state index in [0.717, 1.165) is 22.2 Å². The van der Waals surface area contributed by atoms with Crippen molar-refractivity contribution in [1.82, 2.24) is 10.1 Å². The van der Waals surface area contributed by atoms with Gasteiger partial charge in [0, 0.05) is 9.49 Å². The molecule has 0 unspecified atom stereocenters. The summed E-state index contributed by atoms with van der Waals surface area (Å²) in [5.74, 6) is 1.79. The van der Waals surface area contributed by atoms with E-state index >= 15 is 0 Å². The van der Waals surface area contributed by atoms with Crippen molar-refractivity contribution in [1.29, 1.82) is 0 Å². The fraction of sp³-hybridized carbons (Fsp3) is 0.429. The highest BCUT2D eigenvalue weighted by atomic mass is 127. The van der Waals surface area contributed by atoms with Crippen molar-refractivity contribution in [3.63, 3.8) is 0 Å². The second-order valence-electron chi connectivity index (χ2n) is 4.95. The van der Waals surface area contributed by atoms with Crippen LogP contribution in [0.1, 0.15) is 43.8 Å². The summed E-state index contributed by atoms with van der Waals surface area (Å²) in [7, 11) is 0. The third kappa shape index (κ3) is 2.75. The summed E-state index contributed by atoms with van der Waals surface area (Å²) in [5, 5.41) is 14.0. The van der Waals surface area contributed by atoms with Crippen LogP contribution in [-0.2, 0) is 0 Å². The van der Waals surface area contributed by atoms with Crippen LogP contribution in [0.5, 0.6) is 5.75 Å². The maximum Gasteiger partial charge on any atom is 0.261 e. The number of hydrogen-bond acceptors (Lipinski definition) is 4. The van der Waals surface area contributed by atoms with Gasteiger partial charge in [0.25, 0.3) is 5.89 Å². The highest BCUT2D eigenvalue weighted by Gasteiger charge is 2.22. The number of rotatable bonds is 2. The van der Waals surface area contributed by atoms with Gasteiger partial charge in [0.1, 0.15) is 5.75 Å². The Morgan fingerprint density at radius 1 is 1.21 bits per heavy atom. The molecule has 100 valence electrons. The van der Waals surface area contributed by atoms with E-state index in [9.17, 15) is 5.11 Å². The zero-order chi connectivity index (χ0) is 13.2. The van der Waals surface area contributed by atoms with Gasteiger partial charge in [0.05, 0.1) is 5.56 Å². The molecule has 1 aliphatic carbocycles. The summed E-state index contributed by atoms with van der Waals surface area (Å²) in [6, 6.07) is 5.35. The van der Waals surface area contributed by atoms with Crippen LogP contribution in [0.3, 0.4) is 0 Å². The first-order chi connectivity index (χ1) is 9.24. The Balaban J connectivity index is 1.89. The monoisotopic (exact) mass is 370 g/mol. The molecule has 2 aromatic rings. The van der Waals surface area contributed by atoms with E-state index in [1.807, 2.05) is 12.1 Å². The minimum Gasteiger partial charge on any atom is -0.507 e. The van der Waals surface area contributed by atoms with Gasteiger partial charge in [-0.2, -0.15) is 4.98 Å². The topological polar surface area (TPSA) is 59.2 Å². The Hall–Kier alpha value is -1.11. The normalized spacial score (nSPS) is 16.7. The standard InChI is InChI=1S/C14H15IN2O2/c15-10-6-7-12(18)11(8-10)14-16-13(17-19-14)9-4-2-1-3-5-9/h6-9,18H,1-5H2. The number of phenols is 1. The van der Waals surface area contributed by atoms with Gasteiger partial charge >= 0.3 is 0 Å². The van der Waals surface area contributed by atoms with Crippen molar-refractivity contribution >= 4 is 22.6 Å². The van der Waals surface area contributed by atoms with Crippen LogP contribution in [0.2, 0.25) is 0 Å². The molecule has 0 saturated heterocycles. The second-order valence-corrected chi connectivity index (χ2v) is 6.20. The molecule has 0 atom stereocenters. The molecule has 3 rings (SSSR count). The summed E-state index contributed by atoms with van der Waals surface area (Å²) in [6.45, 7) is 0. The van der Waals surface area contributed by atoms with Gasteiger partial charge in [-0.1, -0.05) is 24.4 Å². The van der Waals surface area contributed by atoms with Gasteiger partial charge < -0.3 is 9.63 Å². The molecule has 1 aromatic carbocycles. The van der Waals surface area contributed by atoms with Crippen molar-refractivity contribution in [2.24, 2.45) is 0 Å². The van der Waals surface area contributed by atoms with Crippen LogP contribution in [0.4, 0.5) is 0 Å². The molecule has 1 heterocycles. The fourth-order valence-electron chi connectivity index (χ4n) is 2.55. The lowest BCUT2D eigenvalue weighted by molar-refractivity contribution is 0.384. The van der Waals surface area contributed by atoms with Crippen LogP contribution < -0.4 is 0 Å². The van der Waals surface area contributed by atoms with E-state index in [4.69, 9.17) is 4.52 Å². The largest absolute Gasteiger partial charge is 0.507 e. The molecule has 4 nitrogen and oxygen atoms in total. The summed E-state index contributed by atoms with van der Waals surface area (Å²) < 4.78 is 6.35. The fourth-order valence-corrected chi connectivity index (χ4v) is 3.04. The Labute approximate surface area is 125 Å². The number of phenolic OH excluding ortho intramolecular Hbond substituents is 1. The Bertz CT molecular complexity index is 577. The molecule has 1 N–H and O–H groups in total. The molecule has 0 aliphatic heterocycles. The molecule has 1 saturated carbocycles. The predicted octanol–water partition coefficient (Wildman–Crippen LogP) is 4.09. The number of hydrogen-bond donors (Lipinski definition) is 1. The molecule has 0 bridgehead atoms. The van der Waals surface area contributed by atoms with E-state index in [1.165, 1.54) is 19.3 Å². The van der Waals surface area contributed by atoms with Crippen LogP contribution in [0.25, 0.3) is 11.5 Å². The molecular formula is C14H15IN2O2. The lowest BCUT2D eigenvalue weighted by atomic mass is 9.89. The predicted molar refractivity (Wildman–Crippen MR) is 79.9 cm³/mol. The van der Waals surface area contributed by atoms with E-state index in [1.54, 1.807) is 6.07 Å². The number of benzene rings is 1. The first-order valence-electron chi connectivity index (χ1n) is 6.56. The van der Waals surface area contributed by atoms with Crippen LogP contribution in [0.15, 0.2) is 22.7 Å². The number of nitrogens with zero attached hydrogens (tertiary/aromatic N) is 2. The lowest BCUT2D eigenvalue weighted by Gasteiger charge is -2.17. The van der Waals surface area contributed by atoms with Gasteiger partial charge in [-0.25, -0.2) is 0 Å². The number of aromatic hydroxyl groups is 1. The highest BCUT2D eigenvalue weighted by Crippen LogP contribution is 2.34. The third-order valence-electron chi connectivity index (χ3n) is 3.60. The van der Waals surface area contributed by atoms with Gasteiger partial charge in [-0.15, -0.1) is 0 Å². The van der Waals surface area contributed by atoms with Gasteiger partial charge in [-0.05, 0) is 53.6 Å². The summed E-state index contributed by atoms with van der Waals surface area (Å²) in [5.41, 5.74) is 0.612. The van der Waals surface area contributed by atoms with E-state index in [2.05, 4.69) is 32.7 Å². The highest BCUT2D eigenvalue weighted by molar-refractivity contribution is 14.1. The summed E-state index contributed by atoms with van der Waals surface area (Å²) >= 11 is 2.20. The maximum absolute atomic E-state index is 9.88. The first-order valence-corrected chi connectivity index (χ1v) is 7.64. The number of aromatic nitrogens is 2. The van der Waals surface area contributed by atoms with Crippen molar-refractivity contribution in [3.05, 3.63) is 27.6 Å². The molecule has 19 heavy (non-hydrogen) atoms. The Morgan fingerprint density at radius 3 is 2.79 bits per heavy atom. The van der Waals surface area contributed by atoms with Crippen LogP contribution in [0, 0.1) is 3.57 Å². The van der Waals surface area contributed by atoms with Crippen molar-refractivity contribution < 1.29 is 9.63 Å². The van der Waals surface area contributed by atoms with Crippen LogP contribution >= 0.6 is 22.6 Å². The average molecular weight is 370 g/mol. The number of halogens is 1. The van der Waals surface area contributed by atoms with Gasteiger partial charge in [0.15, 0.2) is 5.82 Å². The summed E-state index contributed by atoms with van der Waals surface area (Å²) in [4.78, 5) is 4.46. The Morgan fingerprint density at radius 2 is 2.00 bits per heavy atom. The SMILES string of the molecule is Oc1ccc(I)cc1-c1nc(C2CCCCC2)no1. The van der Waals surface area contributed by atoms with E-state index in [-0.39, 0.29) is 5.75 Å². The Kier molecular flexibility index (Phi) is 3.72. The minimum absolute atomic E-state index is 0.180. The maximum atomic E-state index is 9.88. The quantitative estimate of drug-likeness (QED) is 0.809. The molecular weight excluding hydrogens is 355 g/mol. The summed E-state index contributed by atoms with van der Waals surface area (Å²) in [6.07, 6.45) is 6.06. The smallest absolute Gasteiger partial charge is 0.261 e. The average Bonchev–Trinajstić information content (AvgIpc) is 2.92. The molecule has 0 amide bonds. The molecule has 1 aliphatic rings. The van der Waals surface area contributed by atoms with Gasteiger partial charge in [-0.3, -0.25) is 0 Å². The van der Waals surface area contributed by atoms with Crippen LogP contribution in [-0.4, -0.2) is 15.2 Å². The van der Waals surface area contributed by atoms with E-state index < -0.39 is 0 Å².